The van der Waals surface area contributed by atoms with Crippen molar-refractivity contribution in [1.29, 1.82) is 0 Å². The van der Waals surface area contributed by atoms with Crippen LogP contribution in [-0.2, 0) is 19.1 Å². The molecular weight excluding hydrogens is 360 g/mol. The molecule has 0 aliphatic heterocycles. The molecule has 0 amide bonds. The summed E-state index contributed by atoms with van der Waals surface area (Å²) in [5, 5.41) is 0. The van der Waals surface area contributed by atoms with Crippen LogP contribution < -0.4 is 0 Å². The molecule has 0 aliphatic rings. The van der Waals surface area contributed by atoms with Gasteiger partial charge in [0.2, 0.25) is 0 Å². The van der Waals surface area contributed by atoms with Crippen molar-refractivity contribution >= 4 is 23.7 Å². The number of thioether (sulfide) groups is 1. The van der Waals surface area contributed by atoms with Gasteiger partial charge in [0.25, 0.3) is 0 Å². The highest BCUT2D eigenvalue weighted by Crippen LogP contribution is 2.23. The van der Waals surface area contributed by atoms with Crippen LogP contribution in [0.5, 0.6) is 0 Å². The molecule has 0 atom stereocenters. The first-order valence-corrected chi connectivity index (χ1v) is 11.6. The molecule has 0 aromatic rings. The summed E-state index contributed by atoms with van der Waals surface area (Å²) >= 11 is 1.59. The summed E-state index contributed by atoms with van der Waals surface area (Å²) in [6.07, 6.45) is 13.8. The van der Waals surface area contributed by atoms with Gasteiger partial charge >= 0.3 is 11.9 Å². The van der Waals surface area contributed by atoms with Crippen molar-refractivity contribution in [2.75, 3.05) is 24.7 Å². The predicted molar refractivity (Wildman–Crippen MR) is 115 cm³/mol. The zero-order chi connectivity index (χ0) is 20.4. The minimum atomic E-state index is -0.522. The fourth-order valence-corrected chi connectivity index (χ4v) is 3.57. The zero-order valence-corrected chi connectivity index (χ0v) is 18.5. The Kier molecular flexibility index (Phi) is 16.5. The summed E-state index contributed by atoms with van der Waals surface area (Å²) in [5.41, 5.74) is -0.522. The molecular formula is C22H40O4S. The van der Waals surface area contributed by atoms with E-state index in [0.717, 1.165) is 18.9 Å². The van der Waals surface area contributed by atoms with Gasteiger partial charge in [-0.2, -0.15) is 11.8 Å². The van der Waals surface area contributed by atoms with Crippen molar-refractivity contribution in [2.45, 2.75) is 85.0 Å². The van der Waals surface area contributed by atoms with Crippen LogP contribution in [0.3, 0.4) is 0 Å². The van der Waals surface area contributed by atoms with E-state index in [2.05, 4.69) is 13.5 Å². The molecule has 0 bridgehead atoms. The molecule has 0 radical (unpaired) electrons. The van der Waals surface area contributed by atoms with E-state index in [9.17, 15) is 9.59 Å². The summed E-state index contributed by atoms with van der Waals surface area (Å²) < 4.78 is 10.4. The van der Waals surface area contributed by atoms with Gasteiger partial charge in [0.05, 0.1) is 12.0 Å². The summed E-state index contributed by atoms with van der Waals surface area (Å²) in [7, 11) is 0. The Morgan fingerprint density at radius 2 is 1.44 bits per heavy atom. The highest BCUT2D eigenvalue weighted by molar-refractivity contribution is 7.99. The summed E-state index contributed by atoms with van der Waals surface area (Å²) in [6.45, 7) is 10.2. The Morgan fingerprint density at radius 1 is 0.889 bits per heavy atom. The minimum Gasteiger partial charge on any atom is -0.465 e. The first-order chi connectivity index (χ1) is 12.9. The fraction of sp³-hybridized carbons (Fsp3) is 0.818. The SMILES string of the molecule is C=CC(=O)OCCSCC(C)(C)C(=O)OCCCCCCCCCCCC. The van der Waals surface area contributed by atoms with Crippen LogP contribution in [0.1, 0.15) is 85.0 Å². The number of ether oxygens (including phenoxy) is 2. The third kappa shape index (κ3) is 15.8. The van der Waals surface area contributed by atoms with Crippen molar-refractivity contribution in [1.82, 2.24) is 0 Å². The lowest BCUT2D eigenvalue weighted by Gasteiger charge is -2.22. The van der Waals surface area contributed by atoms with Gasteiger partial charge in [-0.1, -0.05) is 71.3 Å². The molecule has 5 heteroatoms. The van der Waals surface area contributed by atoms with E-state index in [1.165, 1.54) is 51.4 Å². The number of unbranched alkanes of at least 4 members (excludes halogenated alkanes) is 9. The molecule has 0 aromatic carbocycles. The molecule has 0 unspecified atom stereocenters. The highest BCUT2D eigenvalue weighted by atomic mass is 32.2. The lowest BCUT2D eigenvalue weighted by atomic mass is 9.97. The van der Waals surface area contributed by atoms with Gasteiger partial charge in [0.15, 0.2) is 0 Å². The van der Waals surface area contributed by atoms with Crippen molar-refractivity contribution < 1.29 is 19.1 Å². The number of carbonyl (C=O) groups excluding carboxylic acids is 2. The molecule has 0 aliphatic carbocycles. The van der Waals surface area contributed by atoms with Crippen molar-refractivity contribution in [3.8, 4) is 0 Å². The van der Waals surface area contributed by atoms with Gasteiger partial charge in [-0.05, 0) is 20.3 Å². The summed E-state index contributed by atoms with van der Waals surface area (Å²) in [6, 6.07) is 0. The highest BCUT2D eigenvalue weighted by Gasteiger charge is 2.29. The standard InChI is InChI=1S/C22H40O4S/c1-5-7-8-9-10-11-12-13-14-15-16-26-21(24)22(3,4)19-27-18-17-25-20(23)6-2/h6H,2,5,7-19H2,1,3-4H3. The Morgan fingerprint density at radius 3 is 2.00 bits per heavy atom. The molecule has 0 rings (SSSR count). The Bertz CT molecular complexity index is 407. The number of rotatable bonds is 18. The van der Waals surface area contributed by atoms with Gasteiger partial charge in [0, 0.05) is 17.6 Å². The fourth-order valence-electron chi connectivity index (χ4n) is 2.60. The maximum absolute atomic E-state index is 12.2. The number of esters is 2. The molecule has 0 aromatic heterocycles. The third-order valence-electron chi connectivity index (χ3n) is 4.39. The van der Waals surface area contributed by atoms with Gasteiger partial charge < -0.3 is 9.47 Å². The van der Waals surface area contributed by atoms with Crippen LogP contribution >= 0.6 is 11.8 Å². The molecule has 0 N–H and O–H groups in total. The third-order valence-corrected chi connectivity index (χ3v) is 5.77. The average Bonchev–Trinajstić information content (AvgIpc) is 2.65. The Balaban J connectivity index is 3.58. The van der Waals surface area contributed by atoms with Gasteiger partial charge in [0.1, 0.15) is 6.61 Å². The van der Waals surface area contributed by atoms with E-state index in [0.29, 0.717) is 24.7 Å². The van der Waals surface area contributed by atoms with E-state index in [1.54, 1.807) is 11.8 Å². The molecule has 0 saturated heterocycles. The number of hydrogen-bond acceptors (Lipinski definition) is 5. The number of hydrogen-bond donors (Lipinski definition) is 0. The normalized spacial score (nSPS) is 11.2. The van der Waals surface area contributed by atoms with Crippen molar-refractivity contribution in [3.05, 3.63) is 12.7 Å². The summed E-state index contributed by atoms with van der Waals surface area (Å²) in [5.74, 6) is 0.754. The lowest BCUT2D eigenvalue weighted by molar-refractivity contribution is -0.152. The van der Waals surface area contributed by atoms with Crippen LogP contribution in [0, 0.1) is 5.41 Å². The smallest absolute Gasteiger partial charge is 0.330 e. The van der Waals surface area contributed by atoms with Gasteiger partial charge in [-0.3, -0.25) is 4.79 Å². The second kappa shape index (κ2) is 17.2. The monoisotopic (exact) mass is 400 g/mol. The molecule has 0 heterocycles. The molecule has 27 heavy (non-hydrogen) atoms. The van der Waals surface area contributed by atoms with Crippen LogP contribution in [0.25, 0.3) is 0 Å². The van der Waals surface area contributed by atoms with Crippen LogP contribution in [0.2, 0.25) is 0 Å². The quantitative estimate of drug-likeness (QED) is 0.162. The largest absolute Gasteiger partial charge is 0.465 e. The predicted octanol–water partition coefficient (Wildman–Crippen LogP) is 5.94. The Labute approximate surface area is 170 Å². The number of carbonyl (C=O) groups is 2. The van der Waals surface area contributed by atoms with E-state index in [1.807, 2.05) is 13.8 Å². The van der Waals surface area contributed by atoms with Crippen molar-refractivity contribution in [2.24, 2.45) is 5.41 Å². The van der Waals surface area contributed by atoms with Crippen molar-refractivity contribution in [3.63, 3.8) is 0 Å². The van der Waals surface area contributed by atoms with Gasteiger partial charge in [-0.15, -0.1) is 0 Å². The average molecular weight is 401 g/mol. The first kappa shape index (κ1) is 26.0. The van der Waals surface area contributed by atoms with Crippen LogP contribution in [0.15, 0.2) is 12.7 Å². The molecule has 0 saturated carbocycles. The maximum atomic E-state index is 12.2. The minimum absolute atomic E-state index is 0.144. The molecule has 0 fully saturated rings. The molecule has 158 valence electrons. The van der Waals surface area contributed by atoms with E-state index in [-0.39, 0.29) is 5.97 Å². The molecule has 0 spiro atoms. The Hall–Kier alpha value is -0.970. The van der Waals surface area contributed by atoms with Crippen LogP contribution in [-0.4, -0.2) is 36.7 Å². The van der Waals surface area contributed by atoms with E-state index >= 15 is 0 Å². The van der Waals surface area contributed by atoms with E-state index in [4.69, 9.17) is 9.47 Å². The molecule has 4 nitrogen and oxygen atoms in total. The summed E-state index contributed by atoms with van der Waals surface area (Å²) in [4.78, 5) is 23.1. The maximum Gasteiger partial charge on any atom is 0.330 e. The second-order valence-electron chi connectivity index (χ2n) is 7.63. The lowest BCUT2D eigenvalue weighted by Crippen LogP contribution is -2.29. The van der Waals surface area contributed by atoms with Crippen LogP contribution in [0.4, 0.5) is 0 Å². The van der Waals surface area contributed by atoms with Gasteiger partial charge in [-0.25, -0.2) is 4.79 Å². The second-order valence-corrected chi connectivity index (χ2v) is 8.73. The zero-order valence-electron chi connectivity index (χ0n) is 17.7. The van der Waals surface area contributed by atoms with E-state index < -0.39 is 11.4 Å². The topological polar surface area (TPSA) is 52.6 Å². The first-order valence-electron chi connectivity index (χ1n) is 10.5.